The molecule has 0 saturated carbocycles. The summed E-state index contributed by atoms with van der Waals surface area (Å²) in [4.78, 5) is 57.4. The third-order valence-corrected chi connectivity index (χ3v) is 7.35. The Morgan fingerprint density at radius 3 is 1.72 bits per heavy atom. The normalized spacial score (nSPS) is 13.7. The van der Waals surface area contributed by atoms with Crippen LogP contribution in [0.3, 0.4) is 0 Å². The van der Waals surface area contributed by atoms with E-state index >= 15 is 0 Å². The molecule has 0 aliphatic carbocycles. The molecule has 11 nitrogen and oxygen atoms in total. The number of nitrogens with zero attached hydrogens (tertiary/aromatic N) is 1. The van der Waals surface area contributed by atoms with E-state index in [9.17, 15) is 29.4 Å². The highest BCUT2D eigenvalue weighted by molar-refractivity contribution is 5.95. The van der Waals surface area contributed by atoms with Crippen LogP contribution in [-0.4, -0.2) is 67.8 Å². The zero-order valence-electron chi connectivity index (χ0n) is 30.4. The van der Waals surface area contributed by atoms with E-state index in [0.717, 1.165) is 5.56 Å². The van der Waals surface area contributed by atoms with Gasteiger partial charge in [-0.05, 0) is 91.6 Å². The Kier molecular flexibility index (Phi) is 12.7. The first-order valence-electron chi connectivity index (χ1n) is 16.6. The maximum absolute atomic E-state index is 14.8. The van der Waals surface area contributed by atoms with Gasteiger partial charge < -0.3 is 35.2 Å². The van der Waals surface area contributed by atoms with E-state index < -0.39 is 58.7 Å². The molecule has 0 heterocycles. The van der Waals surface area contributed by atoms with E-state index in [1.54, 1.807) is 86.6 Å². The summed E-state index contributed by atoms with van der Waals surface area (Å²) < 4.78 is 11.2. The van der Waals surface area contributed by atoms with Crippen molar-refractivity contribution in [3.8, 4) is 11.5 Å². The van der Waals surface area contributed by atoms with Crippen molar-refractivity contribution in [2.45, 2.75) is 110 Å². The molecule has 3 unspecified atom stereocenters. The molecule has 3 amide bonds. The molecule has 0 aliphatic rings. The molecule has 0 aliphatic heterocycles. The summed E-state index contributed by atoms with van der Waals surface area (Å²) in [5.41, 5.74) is -1.31. The zero-order valence-corrected chi connectivity index (χ0v) is 30.4. The van der Waals surface area contributed by atoms with Crippen LogP contribution in [0, 0.1) is 0 Å². The molecule has 0 spiro atoms. The van der Waals surface area contributed by atoms with Crippen LogP contribution in [0.25, 0.3) is 0 Å². The number of benzene rings is 3. The van der Waals surface area contributed by atoms with E-state index in [0.29, 0.717) is 5.56 Å². The Balaban J connectivity index is 2.15. The molecule has 11 heteroatoms. The van der Waals surface area contributed by atoms with E-state index in [-0.39, 0.29) is 29.9 Å². The highest BCUT2D eigenvalue weighted by Crippen LogP contribution is 2.35. The minimum atomic E-state index is -1.47. The maximum atomic E-state index is 14.8. The Bertz CT molecular complexity index is 1620. The molecular weight excluding hydrogens is 638 g/mol. The summed E-state index contributed by atoms with van der Waals surface area (Å²) >= 11 is 0. The number of rotatable bonds is 11. The monoisotopic (exact) mass is 689 g/mol. The van der Waals surface area contributed by atoms with Gasteiger partial charge in [-0.1, -0.05) is 60.7 Å². The Morgan fingerprint density at radius 2 is 1.18 bits per heavy atom. The van der Waals surface area contributed by atoms with Crippen LogP contribution in [0.15, 0.2) is 78.9 Å². The molecule has 270 valence electrons. The minimum Gasteiger partial charge on any atom is -0.508 e. The van der Waals surface area contributed by atoms with E-state index in [2.05, 4.69) is 10.6 Å². The van der Waals surface area contributed by atoms with Crippen molar-refractivity contribution >= 4 is 23.9 Å². The number of phenols is 2. The lowest BCUT2D eigenvalue weighted by Gasteiger charge is -2.43. The van der Waals surface area contributed by atoms with Crippen molar-refractivity contribution in [2.75, 3.05) is 0 Å². The molecule has 3 aromatic rings. The second kappa shape index (κ2) is 16.1. The zero-order chi connectivity index (χ0) is 37.4. The summed E-state index contributed by atoms with van der Waals surface area (Å²) in [7, 11) is 0. The SMILES string of the molecule is CC(C)(C)OC(=O)NC(Cc1ccc(O)cc1)C(=O)N(C(C(=O)NC(Cc1ccccc1)C(=O)OC(C)(C)C)c1ccccc1O)C(C)(C)C. The summed E-state index contributed by atoms with van der Waals surface area (Å²) in [5, 5.41) is 26.5. The standard InChI is InChI=1S/C39H51N3O8/c1-37(2,3)42(34(46)29(41-36(48)50-39(7,8)9)23-26-19-21-27(43)22-20-26)32(28-17-13-14-18-31(28)44)33(45)40-30(35(47)49-38(4,5)6)24-25-15-11-10-12-16-25/h10-22,29-30,32,43-44H,23-24H2,1-9H3,(H,40,45)(H,41,48). The van der Waals surface area contributed by atoms with Gasteiger partial charge >= 0.3 is 12.1 Å². The number of esters is 1. The third kappa shape index (κ3) is 11.8. The van der Waals surface area contributed by atoms with Crippen LogP contribution in [0.4, 0.5) is 4.79 Å². The van der Waals surface area contributed by atoms with Crippen LogP contribution >= 0.6 is 0 Å². The van der Waals surface area contributed by atoms with Crippen LogP contribution < -0.4 is 10.6 Å². The number of hydrogen-bond donors (Lipinski definition) is 4. The van der Waals surface area contributed by atoms with Crippen molar-refractivity contribution in [2.24, 2.45) is 0 Å². The lowest BCUT2D eigenvalue weighted by atomic mass is 9.93. The molecule has 4 N–H and O–H groups in total. The second-order valence-corrected chi connectivity index (χ2v) is 15.2. The second-order valence-electron chi connectivity index (χ2n) is 15.2. The van der Waals surface area contributed by atoms with E-state index in [1.807, 2.05) is 30.3 Å². The molecule has 0 radical (unpaired) electrons. The van der Waals surface area contributed by atoms with Crippen molar-refractivity contribution < 1.29 is 38.9 Å². The lowest BCUT2D eigenvalue weighted by Crippen LogP contribution is -2.60. The first-order chi connectivity index (χ1) is 23.1. The number of hydrogen-bond acceptors (Lipinski definition) is 8. The van der Waals surface area contributed by atoms with Crippen molar-refractivity contribution in [3.63, 3.8) is 0 Å². The van der Waals surface area contributed by atoms with Crippen LogP contribution in [-0.2, 0) is 36.7 Å². The van der Waals surface area contributed by atoms with Crippen LogP contribution in [0.1, 0.15) is 85.0 Å². The first kappa shape index (κ1) is 39.4. The molecule has 50 heavy (non-hydrogen) atoms. The van der Waals surface area contributed by atoms with Crippen molar-refractivity contribution in [1.29, 1.82) is 0 Å². The number of amides is 3. The maximum Gasteiger partial charge on any atom is 0.408 e. The molecule has 0 bridgehead atoms. The molecule has 3 aromatic carbocycles. The highest BCUT2D eigenvalue weighted by atomic mass is 16.6. The molecule has 0 aromatic heterocycles. The fraction of sp³-hybridized carbons (Fsp3) is 0.436. The molecular formula is C39H51N3O8. The van der Waals surface area contributed by atoms with Crippen LogP contribution in [0.5, 0.6) is 11.5 Å². The Hall–Kier alpha value is -5.06. The lowest BCUT2D eigenvalue weighted by molar-refractivity contribution is -0.159. The Labute approximate surface area is 295 Å². The van der Waals surface area contributed by atoms with Gasteiger partial charge in [0, 0.05) is 23.9 Å². The number of alkyl carbamates (subject to hydrolysis) is 1. The Morgan fingerprint density at radius 1 is 0.660 bits per heavy atom. The first-order valence-corrected chi connectivity index (χ1v) is 16.6. The van der Waals surface area contributed by atoms with Gasteiger partial charge in [0.05, 0.1) is 0 Å². The van der Waals surface area contributed by atoms with Crippen molar-refractivity contribution in [1.82, 2.24) is 15.5 Å². The fourth-order valence-electron chi connectivity index (χ4n) is 5.31. The number of aromatic hydroxyl groups is 2. The highest BCUT2D eigenvalue weighted by Gasteiger charge is 2.44. The largest absolute Gasteiger partial charge is 0.508 e. The number of para-hydroxylation sites is 1. The van der Waals surface area contributed by atoms with E-state index in [4.69, 9.17) is 9.47 Å². The third-order valence-electron chi connectivity index (χ3n) is 7.35. The minimum absolute atomic E-state index is 0.0193. The van der Waals surface area contributed by atoms with Gasteiger partial charge in [0.25, 0.3) is 0 Å². The van der Waals surface area contributed by atoms with E-state index in [1.165, 1.54) is 29.2 Å². The van der Waals surface area contributed by atoms with Crippen molar-refractivity contribution in [3.05, 3.63) is 95.6 Å². The number of carbonyl (C=O) groups is 4. The fourth-order valence-corrected chi connectivity index (χ4v) is 5.31. The molecule has 0 saturated heterocycles. The van der Waals surface area contributed by atoms with Gasteiger partial charge in [0.1, 0.15) is 40.8 Å². The predicted octanol–water partition coefficient (Wildman–Crippen LogP) is 5.97. The molecule has 3 rings (SSSR count). The number of nitrogens with one attached hydrogen (secondary N) is 2. The van der Waals surface area contributed by atoms with Crippen LogP contribution in [0.2, 0.25) is 0 Å². The average molecular weight is 690 g/mol. The summed E-state index contributed by atoms with van der Waals surface area (Å²) in [6.45, 7) is 15.4. The van der Waals surface area contributed by atoms with Gasteiger partial charge in [0.15, 0.2) is 0 Å². The quantitative estimate of drug-likeness (QED) is 0.180. The number of ether oxygens (including phenoxy) is 2. The summed E-state index contributed by atoms with van der Waals surface area (Å²) in [6.07, 6.45) is -0.767. The van der Waals surface area contributed by atoms with Gasteiger partial charge in [-0.2, -0.15) is 0 Å². The topological polar surface area (TPSA) is 154 Å². The molecule has 0 fully saturated rings. The number of carbonyl (C=O) groups excluding carboxylic acids is 4. The predicted molar refractivity (Wildman–Crippen MR) is 190 cm³/mol. The average Bonchev–Trinajstić information content (AvgIpc) is 2.98. The van der Waals surface area contributed by atoms with Gasteiger partial charge in [-0.3, -0.25) is 9.59 Å². The smallest absolute Gasteiger partial charge is 0.408 e. The summed E-state index contributed by atoms with van der Waals surface area (Å²) in [5.74, 6) is -2.30. The summed E-state index contributed by atoms with van der Waals surface area (Å²) in [6, 6.07) is 17.6. The molecule has 3 atom stereocenters. The van der Waals surface area contributed by atoms with Gasteiger partial charge in [-0.25, -0.2) is 9.59 Å². The van der Waals surface area contributed by atoms with Gasteiger partial charge in [-0.15, -0.1) is 0 Å². The van der Waals surface area contributed by atoms with Gasteiger partial charge in [0.2, 0.25) is 11.8 Å². The number of phenolic OH excluding ortho intramolecular Hbond substituents is 2.